The van der Waals surface area contributed by atoms with Gasteiger partial charge in [-0.25, -0.2) is 9.78 Å². The number of nitrogens with one attached hydrogen (secondary N) is 1. The third-order valence-corrected chi connectivity index (χ3v) is 6.89. The van der Waals surface area contributed by atoms with Crippen LogP contribution in [-0.4, -0.2) is 57.2 Å². The summed E-state index contributed by atoms with van der Waals surface area (Å²) in [4.78, 5) is 31.1. The number of aromatic nitrogens is 4. The predicted octanol–water partition coefficient (Wildman–Crippen LogP) is 5.32. The number of nitrogens with zero attached hydrogens (tertiary/aromatic N) is 6. The molecule has 1 N–H and O–H groups in total. The van der Waals surface area contributed by atoms with Crippen molar-refractivity contribution in [2.24, 2.45) is 0 Å². The van der Waals surface area contributed by atoms with E-state index in [0.29, 0.717) is 43.3 Å². The Morgan fingerprint density at radius 2 is 1.79 bits per heavy atom. The number of aryl methyl sites for hydroxylation is 1. The molecule has 1 aliphatic rings. The van der Waals surface area contributed by atoms with Gasteiger partial charge in [-0.05, 0) is 43.2 Å². The summed E-state index contributed by atoms with van der Waals surface area (Å²) >= 11 is 0. The van der Waals surface area contributed by atoms with Gasteiger partial charge < -0.3 is 19.6 Å². The molecule has 1 aliphatic heterocycles. The highest BCUT2D eigenvalue weighted by molar-refractivity contribution is 5.98. The topological polar surface area (TPSA) is 100 Å². The van der Waals surface area contributed by atoms with E-state index >= 15 is 0 Å². The van der Waals surface area contributed by atoms with Crippen molar-refractivity contribution < 1.29 is 9.32 Å². The maximum atomic E-state index is 13.0. The predicted molar refractivity (Wildman–Crippen MR) is 151 cm³/mol. The van der Waals surface area contributed by atoms with Crippen molar-refractivity contribution in [3.05, 3.63) is 96.1 Å². The van der Waals surface area contributed by atoms with Crippen LogP contribution in [0.5, 0.6) is 0 Å². The minimum Gasteiger partial charge on any atom is -0.354 e. The Morgan fingerprint density at radius 1 is 0.949 bits per heavy atom. The van der Waals surface area contributed by atoms with Crippen molar-refractivity contribution >= 4 is 28.6 Å². The summed E-state index contributed by atoms with van der Waals surface area (Å²) < 4.78 is 5.76. The molecule has 0 aliphatic carbocycles. The van der Waals surface area contributed by atoms with Crippen molar-refractivity contribution in [3.63, 3.8) is 0 Å². The maximum Gasteiger partial charge on any atom is 0.321 e. The van der Waals surface area contributed by atoms with Gasteiger partial charge >= 0.3 is 6.03 Å². The lowest BCUT2D eigenvalue weighted by atomic mass is 10.1. The van der Waals surface area contributed by atoms with E-state index < -0.39 is 0 Å². The monoisotopic (exact) mass is 519 g/mol. The third kappa shape index (κ3) is 5.43. The molecule has 1 fully saturated rings. The van der Waals surface area contributed by atoms with Gasteiger partial charge in [0.05, 0.1) is 0 Å². The zero-order valence-corrected chi connectivity index (χ0v) is 21.7. The molecular formula is C30H29N7O2. The second-order valence-corrected chi connectivity index (χ2v) is 9.70. The molecule has 9 heteroatoms. The third-order valence-electron chi connectivity index (χ3n) is 6.89. The fraction of sp³-hybridized carbons (Fsp3) is 0.233. The van der Waals surface area contributed by atoms with Crippen LogP contribution in [0.3, 0.4) is 0 Å². The average molecular weight is 520 g/mol. The van der Waals surface area contributed by atoms with E-state index in [1.54, 1.807) is 12.4 Å². The molecule has 1 saturated heterocycles. The number of anilines is 2. The molecule has 0 bridgehead atoms. The van der Waals surface area contributed by atoms with Crippen LogP contribution in [-0.2, 0) is 6.42 Å². The number of amides is 2. The van der Waals surface area contributed by atoms with Crippen LogP contribution >= 0.6 is 0 Å². The lowest BCUT2D eigenvalue weighted by Gasteiger charge is -2.24. The SMILES string of the molecule is Cc1ccc(Cc2nc(N3CCCN(C(=O)Nc4ccccc4)CC3)c3c(-c4cccnc4)noc3n2)cc1. The standard InChI is InChI=1S/C30H29N7O2/c1-21-10-12-22(13-11-21)19-25-33-28(26-27(35-39-29(26)34-25)23-7-5-14-31-20-23)36-15-6-16-37(18-17-36)30(38)32-24-8-3-2-4-9-24/h2-5,7-14,20H,6,15-19H2,1H3,(H,32,38). The van der Waals surface area contributed by atoms with E-state index in [-0.39, 0.29) is 6.03 Å². The van der Waals surface area contributed by atoms with Crippen LogP contribution in [0.25, 0.3) is 22.4 Å². The smallest absolute Gasteiger partial charge is 0.321 e. The number of para-hydroxylation sites is 1. The first-order valence-electron chi connectivity index (χ1n) is 13.1. The zero-order valence-electron chi connectivity index (χ0n) is 21.7. The molecule has 196 valence electrons. The number of benzene rings is 2. The molecular weight excluding hydrogens is 490 g/mol. The molecule has 0 radical (unpaired) electrons. The Balaban J connectivity index is 1.32. The highest BCUT2D eigenvalue weighted by atomic mass is 16.5. The first kappa shape index (κ1) is 24.5. The van der Waals surface area contributed by atoms with Crippen molar-refractivity contribution in [1.29, 1.82) is 0 Å². The number of pyridine rings is 1. The number of carbonyl (C=O) groups excluding carboxylic acids is 1. The summed E-state index contributed by atoms with van der Waals surface area (Å²) in [5.41, 5.74) is 5.07. The Bertz CT molecular complexity index is 1570. The number of rotatable bonds is 5. The molecule has 4 heterocycles. The molecule has 0 saturated carbocycles. The minimum absolute atomic E-state index is 0.100. The highest BCUT2D eigenvalue weighted by Gasteiger charge is 2.26. The van der Waals surface area contributed by atoms with Gasteiger partial charge in [0.25, 0.3) is 5.71 Å². The summed E-state index contributed by atoms with van der Waals surface area (Å²) in [6.45, 7) is 4.64. The van der Waals surface area contributed by atoms with Crippen molar-refractivity contribution in [1.82, 2.24) is 25.0 Å². The van der Waals surface area contributed by atoms with E-state index in [1.807, 2.05) is 47.4 Å². The van der Waals surface area contributed by atoms with Gasteiger partial charge in [-0.1, -0.05) is 53.2 Å². The Labute approximate surface area is 226 Å². The highest BCUT2D eigenvalue weighted by Crippen LogP contribution is 2.34. The van der Waals surface area contributed by atoms with E-state index in [2.05, 4.69) is 51.5 Å². The van der Waals surface area contributed by atoms with Crippen LogP contribution in [0.2, 0.25) is 0 Å². The lowest BCUT2D eigenvalue weighted by Crippen LogP contribution is -2.38. The number of hydrogen-bond donors (Lipinski definition) is 1. The largest absolute Gasteiger partial charge is 0.354 e. The van der Waals surface area contributed by atoms with E-state index in [9.17, 15) is 4.79 Å². The fourth-order valence-electron chi connectivity index (χ4n) is 4.83. The van der Waals surface area contributed by atoms with Gasteiger partial charge in [-0.15, -0.1) is 0 Å². The van der Waals surface area contributed by atoms with E-state index in [4.69, 9.17) is 14.5 Å². The molecule has 9 nitrogen and oxygen atoms in total. The molecule has 39 heavy (non-hydrogen) atoms. The van der Waals surface area contributed by atoms with Crippen molar-refractivity contribution in [2.75, 3.05) is 36.4 Å². The Morgan fingerprint density at radius 3 is 2.59 bits per heavy atom. The number of fused-ring (bicyclic) bond motifs is 1. The summed E-state index contributed by atoms with van der Waals surface area (Å²) in [6, 6.07) is 21.6. The first-order valence-corrected chi connectivity index (χ1v) is 13.1. The number of carbonyl (C=O) groups is 1. The molecule has 3 aromatic heterocycles. The van der Waals surface area contributed by atoms with Gasteiger partial charge in [0, 0.05) is 56.2 Å². The average Bonchev–Trinajstić information content (AvgIpc) is 3.23. The maximum absolute atomic E-state index is 13.0. The molecule has 2 amide bonds. The van der Waals surface area contributed by atoms with Gasteiger partial charge in [-0.2, -0.15) is 4.98 Å². The molecule has 2 aromatic carbocycles. The molecule has 0 atom stereocenters. The number of urea groups is 1. The van der Waals surface area contributed by atoms with Gasteiger partial charge in [-0.3, -0.25) is 4.98 Å². The van der Waals surface area contributed by atoms with Crippen LogP contribution < -0.4 is 10.2 Å². The van der Waals surface area contributed by atoms with Crippen LogP contribution in [0, 0.1) is 6.92 Å². The minimum atomic E-state index is -0.100. The molecule has 0 unspecified atom stereocenters. The van der Waals surface area contributed by atoms with Gasteiger partial charge in [0.2, 0.25) is 0 Å². The Hall–Kier alpha value is -4.79. The summed E-state index contributed by atoms with van der Waals surface area (Å²) in [6.07, 6.45) is 4.87. The second-order valence-electron chi connectivity index (χ2n) is 9.70. The quantitative estimate of drug-likeness (QED) is 0.335. The van der Waals surface area contributed by atoms with Crippen LogP contribution in [0.4, 0.5) is 16.3 Å². The number of hydrogen-bond acceptors (Lipinski definition) is 7. The molecule has 6 rings (SSSR count). The van der Waals surface area contributed by atoms with E-state index in [0.717, 1.165) is 41.0 Å². The summed E-state index contributed by atoms with van der Waals surface area (Å²) in [5, 5.41) is 8.14. The van der Waals surface area contributed by atoms with Crippen molar-refractivity contribution in [2.45, 2.75) is 19.8 Å². The second kappa shape index (κ2) is 10.9. The fourth-order valence-corrected chi connectivity index (χ4v) is 4.83. The normalized spacial score (nSPS) is 13.9. The molecule has 5 aromatic rings. The zero-order chi connectivity index (χ0) is 26.6. The van der Waals surface area contributed by atoms with Crippen molar-refractivity contribution in [3.8, 4) is 11.3 Å². The Kier molecular flexibility index (Phi) is 6.86. The lowest BCUT2D eigenvalue weighted by molar-refractivity contribution is 0.215. The van der Waals surface area contributed by atoms with Gasteiger partial charge in [0.15, 0.2) is 0 Å². The summed E-state index contributed by atoms with van der Waals surface area (Å²) in [7, 11) is 0. The van der Waals surface area contributed by atoms with Gasteiger partial charge in [0.1, 0.15) is 22.7 Å². The molecule has 0 spiro atoms. The first-order chi connectivity index (χ1) is 19.1. The summed E-state index contributed by atoms with van der Waals surface area (Å²) in [5.74, 6) is 1.44. The van der Waals surface area contributed by atoms with Crippen LogP contribution in [0.15, 0.2) is 83.6 Å². The van der Waals surface area contributed by atoms with E-state index in [1.165, 1.54) is 5.56 Å². The van der Waals surface area contributed by atoms with Crippen LogP contribution in [0.1, 0.15) is 23.4 Å².